The predicted octanol–water partition coefficient (Wildman–Crippen LogP) is 5.05. The van der Waals surface area contributed by atoms with Crippen molar-refractivity contribution in [3.8, 4) is 11.5 Å². The van der Waals surface area contributed by atoms with E-state index in [-0.39, 0.29) is 12.5 Å². The van der Waals surface area contributed by atoms with E-state index in [1.807, 2.05) is 0 Å². The van der Waals surface area contributed by atoms with Gasteiger partial charge < -0.3 is 14.4 Å². The largest absolute Gasteiger partial charge is 0.493 e. The van der Waals surface area contributed by atoms with Crippen LogP contribution in [-0.2, 0) is 17.5 Å². The first kappa shape index (κ1) is 21.6. The zero-order valence-corrected chi connectivity index (χ0v) is 16.3. The van der Waals surface area contributed by atoms with Crippen molar-refractivity contribution in [2.75, 3.05) is 21.3 Å². The van der Waals surface area contributed by atoms with Gasteiger partial charge in [0.25, 0.3) is 0 Å². The fraction of sp³-hybridized carbons (Fsp3) is 0.250. The lowest BCUT2D eigenvalue weighted by Gasteiger charge is -2.16. The van der Waals surface area contributed by atoms with E-state index in [9.17, 15) is 18.0 Å². The Balaban J connectivity index is 2.07. The number of carbonyl (C=O) groups excluding carboxylic acids is 1. The second-order valence-corrected chi connectivity index (χ2v) is 6.37. The van der Waals surface area contributed by atoms with Crippen molar-refractivity contribution in [2.45, 2.75) is 12.7 Å². The van der Waals surface area contributed by atoms with Gasteiger partial charge in [-0.3, -0.25) is 4.79 Å². The summed E-state index contributed by atoms with van der Waals surface area (Å²) in [4.78, 5) is 13.7. The maximum Gasteiger partial charge on any atom is 0.416 e. The molecule has 0 N–H and O–H groups in total. The Morgan fingerprint density at radius 1 is 1.14 bits per heavy atom. The third-order valence-electron chi connectivity index (χ3n) is 3.95. The molecule has 0 aliphatic heterocycles. The third kappa shape index (κ3) is 5.42. The fourth-order valence-electron chi connectivity index (χ4n) is 2.48. The maximum absolute atomic E-state index is 12.6. The van der Waals surface area contributed by atoms with Gasteiger partial charge in [-0.1, -0.05) is 23.7 Å². The molecule has 0 heterocycles. The average Bonchev–Trinajstić information content (AvgIpc) is 2.65. The van der Waals surface area contributed by atoms with Gasteiger partial charge in [-0.05, 0) is 41.5 Å². The van der Waals surface area contributed by atoms with Crippen LogP contribution in [0.5, 0.6) is 11.5 Å². The monoisotopic (exact) mass is 413 g/mol. The summed E-state index contributed by atoms with van der Waals surface area (Å²) in [6.07, 6.45) is -1.47. The molecule has 0 fully saturated rings. The van der Waals surface area contributed by atoms with Crippen molar-refractivity contribution in [3.63, 3.8) is 0 Å². The average molecular weight is 414 g/mol. The highest BCUT2D eigenvalue weighted by Crippen LogP contribution is 2.36. The zero-order chi connectivity index (χ0) is 20.9. The molecule has 4 nitrogen and oxygen atoms in total. The highest BCUT2D eigenvalue weighted by Gasteiger charge is 2.29. The molecule has 1 amide bonds. The van der Waals surface area contributed by atoms with Crippen LogP contribution in [-0.4, -0.2) is 32.1 Å². The highest BCUT2D eigenvalue weighted by atomic mass is 35.5. The summed E-state index contributed by atoms with van der Waals surface area (Å²) in [7, 11) is 4.51. The van der Waals surface area contributed by atoms with Crippen molar-refractivity contribution in [1.82, 2.24) is 4.90 Å². The number of alkyl halides is 3. The molecule has 2 aromatic rings. The minimum Gasteiger partial charge on any atom is -0.493 e. The van der Waals surface area contributed by atoms with Gasteiger partial charge in [0.2, 0.25) is 5.91 Å². The molecular formula is C20H19ClF3NO3. The fourth-order valence-corrected chi connectivity index (χ4v) is 2.78. The lowest BCUT2D eigenvalue weighted by molar-refractivity contribution is -0.137. The van der Waals surface area contributed by atoms with Crippen LogP contribution in [0.3, 0.4) is 0 Å². The van der Waals surface area contributed by atoms with Gasteiger partial charge >= 0.3 is 6.18 Å². The number of benzene rings is 2. The number of likely N-dealkylation sites (N-methyl/N-ethyl adjacent to an activating group) is 1. The Kier molecular flexibility index (Phi) is 6.96. The Morgan fingerprint density at radius 2 is 1.79 bits per heavy atom. The maximum atomic E-state index is 12.6. The number of nitrogens with zero attached hydrogens (tertiary/aromatic N) is 1. The summed E-state index contributed by atoms with van der Waals surface area (Å²) in [5.41, 5.74) is 0.501. The minimum atomic E-state index is -4.39. The van der Waals surface area contributed by atoms with Crippen molar-refractivity contribution in [2.24, 2.45) is 0 Å². The van der Waals surface area contributed by atoms with E-state index in [2.05, 4.69) is 0 Å². The van der Waals surface area contributed by atoms with Crippen molar-refractivity contribution >= 4 is 23.6 Å². The molecule has 28 heavy (non-hydrogen) atoms. The van der Waals surface area contributed by atoms with Crippen LogP contribution in [0, 0.1) is 0 Å². The Hall–Kier alpha value is -2.67. The first-order chi connectivity index (χ1) is 13.2. The van der Waals surface area contributed by atoms with Gasteiger partial charge in [0.1, 0.15) is 0 Å². The van der Waals surface area contributed by atoms with Crippen LogP contribution in [0.2, 0.25) is 5.02 Å². The van der Waals surface area contributed by atoms with Gasteiger partial charge in [-0.15, -0.1) is 0 Å². The van der Waals surface area contributed by atoms with E-state index in [4.69, 9.17) is 21.1 Å². The molecule has 0 spiro atoms. The Bertz CT molecular complexity index is 864. The molecule has 0 radical (unpaired) electrons. The molecule has 150 valence electrons. The van der Waals surface area contributed by atoms with Crippen molar-refractivity contribution in [3.05, 3.63) is 64.2 Å². The molecular weight excluding hydrogens is 395 g/mol. The van der Waals surface area contributed by atoms with Crippen LogP contribution in [0.1, 0.15) is 16.7 Å². The third-order valence-corrected chi connectivity index (χ3v) is 4.23. The molecule has 8 heteroatoms. The number of carbonyl (C=O) groups is 1. The molecule has 0 aromatic heterocycles. The topological polar surface area (TPSA) is 38.8 Å². The van der Waals surface area contributed by atoms with Crippen LogP contribution < -0.4 is 9.47 Å². The standard InChI is InChI=1S/C20H19ClF3NO3/c1-25(12-13-4-7-15(8-5-13)20(22,23)24)18(26)9-6-14-10-16(21)19(28-3)17(11-14)27-2/h4-11H,12H2,1-3H3/b9-6+. The second kappa shape index (κ2) is 9.01. The van der Waals surface area contributed by atoms with E-state index in [1.165, 1.54) is 37.3 Å². The molecule has 2 aromatic carbocycles. The first-order valence-corrected chi connectivity index (χ1v) is 8.54. The van der Waals surface area contributed by atoms with Gasteiger partial charge in [-0.25, -0.2) is 0 Å². The minimum absolute atomic E-state index is 0.175. The quantitative estimate of drug-likeness (QED) is 0.622. The Labute approximate surface area is 166 Å². The van der Waals surface area contributed by atoms with Gasteiger partial charge in [0.15, 0.2) is 11.5 Å². The molecule has 0 bridgehead atoms. The van der Waals surface area contributed by atoms with Crippen LogP contribution in [0.25, 0.3) is 6.08 Å². The molecule has 0 saturated heterocycles. The molecule has 0 unspecified atom stereocenters. The molecule has 0 atom stereocenters. The van der Waals surface area contributed by atoms with Crippen molar-refractivity contribution < 1.29 is 27.4 Å². The van der Waals surface area contributed by atoms with E-state index in [1.54, 1.807) is 25.3 Å². The van der Waals surface area contributed by atoms with Gasteiger partial charge in [-0.2, -0.15) is 13.2 Å². The number of halogens is 4. The van der Waals surface area contributed by atoms with Crippen molar-refractivity contribution in [1.29, 1.82) is 0 Å². The van der Waals surface area contributed by atoms with Gasteiger partial charge in [0.05, 0.1) is 24.8 Å². The zero-order valence-electron chi connectivity index (χ0n) is 15.5. The predicted molar refractivity (Wildman–Crippen MR) is 102 cm³/mol. The van der Waals surface area contributed by atoms with Gasteiger partial charge in [0, 0.05) is 19.7 Å². The highest BCUT2D eigenvalue weighted by molar-refractivity contribution is 6.32. The number of amides is 1. The summed E-state index contributed by atoms with van der Waals surface area (Å²) in [6, 6.07) is 7.99. The number of hydrogen-bond acceptors (Lipinski definition) is 3. The SMILES string of the molecule is COc1cc(/C=C/C(=O)N(C)Cc2ccc(C(F)(F)F)cc2)cc(Cl)c1OC. The first-order valence-electron chi connectivity index (χ1n) is 8.16. The second-order valence-electron chi connectivity index (χ2n) is 5.96. The summed E-state index contributed by atoms with van der Waals surface area (Å²) < 4.78 is 48.2. The van der Waals surface area contributed by atoms with Crippen LogP contribution in [0.15, 0.2) is 42.5 Å². The number of rotatable bonds is 6. The smallest absolute Gasteiger partial charge is 0.416 e. The lowest BCUT2D eigenvalue weighted by atomic mass is 10.1. The normalized spacial score (nSPS) is 11.5. The summed E-state index contributed by atoms with van der Waals surface area (Å²) in [5, 5.41) is 0.340. The van der Waals surface area contributed by atoms with Crippen LogP contribution in [0.4, 0.5) is 13.2 Å². The number of hydrogen-bond donors (Lipinski definition) is 0. The van der Waals surface area contributed by atoms with E-state index >= 15 is 0 Å². The molecule has 0 saturated carbocycles. The lowest BCUT2D eigenvalue weighted by Crippen LogP contribution is -2.24. The molecule has 0 aliphatic carbocycles. The molecule has 0 aliphatic rings. The summed E-state index contributed by atoms with van der Waals surface area (Å²) in [6.45, 7) is 0.175. The summed E-state index contributed by atoms with van der Waals surface area (Å²) in [5.74, 6) is 0.512. The van der Waals surface area contributed by atoms with E-state index < -0.39 is 11.7 Å². The Morgan fingerprint density at radius 3 is 2.32 bits per heavy atom. The van der Waals surface area contributed by atoms with Crippen LogP contribution >= 0.6 is 11.6 Å². The summed E-state index contributed by atoms with van der Waals surface area (Å²) >= 11 is 6.13. The van der Waals surface area contributed by atoms with E-state index in [0.717, 1.165) is 12.1 Å². The molecule has 2 rings (SSSR count). The number of methoxy groups -OCH3 is 2. The number of ether oxygens (including phenoxy) is 2. The van der Waals surface area contributed by atoms with E-state index in [0.29, 0.717) is 27.6 Å².